The van der Waals surface area contributed by atoms with E-state index in [4.69, 9.17) is 0 Å². The van der Waals surface area contributed by atoms with Crippen molar-refractivity contribution in [1.82, 2.24) is 9.97 Å². The van der Waals surface area contributed by atoms with Gasteiger partial charge in [-0.1, -0.05) is 26.8 Å². The molecule has 2 aromatic rings. The van der Waals surface area contributed by atoms with E-state index in [1.165, 1.54) is 5.56 Å². The van der Waals surface area contributed by atoms with E-state index in [1.807, 2.05) is 6.92 Å². The Morgan fingerprint density at radius 1 is 1.12 bits per heavy atom. The summed E-state index contributed by atoms with van der Waals surface area (Å²) < 4.78 is 0. The van der Waals surface area contributed by atoms with Crippen LogP contribution in [0.1, 0.15) is 43.6 Å². The van der Waals surface area contributed by atoms with Crippen molar-refractivity contribution in [2.45, 2.75) is 40.0 Å². The van der Waals surface area contributed by atoms with E-state index in [0.29, 0.717) is 5.92 Å². The van der Waals surface area contributed by atoms with Gasteiger partial charge in [0.2, 0.25) is 0 Å². The Bertz CT molecular complexity index is 515. The fraction of sp³-hybridized carbons (Fsp3) is 0.429. The van der Waals surface area contributed by atoms with Crippen LogP contribution >= 0.6 is 0 Å². The Morgan fingerprint density at radius 3 is 2.50 bits per heavy atom. The molecule has 0 aliphatic carbocycles. The van der Waals surface area contributed by atoms with Crippen molar-refractivity contribution in [3.63, 3.8) is 0 Å². The average Bonchev–Trinajstić information content (AvgIpc) is 2.27. The normalized spacial score (nSPS) is 11.3. The molecule has 0 unspecified atom stereocenters. The van der Waals surface area contributed by atoms with Crippen LogP contribution in [-0.2, 0) is 6.42 Å². The summed E-state index contributed by atoms with van der Waals surface area (Å²) >= 11 is 0. The summed E-state index contributed by atoms with van der Waals surface area (Å²) in [5.41, 5.74) is 5.50. The van der Waals surface area contributed by atoms with Gasteiger partial charge in [-0.2, -0.15) is 0 Å². The Kier molecular flexibility index (Phi) is 2.90. The predicted octanol–water partition coefficient (Wildman–Crippen LogP) is 3.62. The summed E-state index contributed by atoms with van der Waals surface area (Å²) in [5, 5.41) is 0. The average molecular weight is 214 g/mol. The fourth-order valence-electron chi connectivity index (χ4n) is 1.89. The third-order valence-corrected chi connectivity index (χ3v) is 2.96. The zero-order valence-electron chi connectivity index (χ0n) is 10.4. The summed E-state index contributed by atoms with van der Waals surface area (Å²) in [5.74, 6) is 0.539. The minimum atomic E-state index is 0.539. The SMILES string of the molecule is CCc1nc2ccc(C(C)C)cc2nc1C. The zero-order chi connectivity index (χ0) is 11.7. The standard InChI is InChI=1S/C14H18N2/c1-5-12-10(4)15-14-8-11(9(2)3)6-7-13(14)16-12/h6-9H,5H2,1-4H3. The van der Waals surface area contributed by atoms with Crippen molar-refractivity contribution in [1.29, 1.82) is 0 Å². The molecule has 16 heavy (non-hydrogen) atoms. The van der Waals surface area contributed by atoms with Crippen LogP contribution in [-0.4, -0.2) is 9.97 Å². The first-order valence-electron chi connectivity index (χ1n) is 5.89. The van der Waals surface area contributed by atoms with Crippen molar-refractivity contribution in [2.75, 3.05) is 0 Å². The van der Waals surface area contributed by atoms with Crippen molar-refractivity contribution >= 4 is 11.0 Å². The Balaban J connectivity index is 2.62. The fourth-order valence-corrected chi connectivity index (χ4v) is 1.89. The third-order valence-electron chi connectivity index (χ3n) is 2.96. The lowest BCUT2D eigenvalue weighted by atomic mass is 10.0. The van der Waals surface area contributed by atoms with Gasteiger partial charge in [0.25, 0.3) is 0 Å². The maximum atomic E-state index is 4.63. The van der Waals surface area contributed by atoms with Gasteiger partial charge in [0.1, 0.15) is 0 Å². The number of aryl methyl sites for hydroxylation is 2. The van der Waals surface area contributed by atoms with E-state index in [-0.39, 0.29) is 0 Å². The molecule has 0 radical (unpaired) electrons. The topological polar surface area (TPSA) is 25.8 Å². The van der Waals surface area contributed by atoms with Gasteiger partial charge in [0.15, 0.2) is 0 Å². The molecule has 0 aliphatic heterocycles. The predicted molar refractivity (Wildman–Crippen MR) is 67.7 cm³/mol. The molecule has 0 spiro atoms. The van der Waals surface area contributed by atoms with Gasteiger partial charge in [-0.05, 0) is 37.0 Å². The quantitative estimate of drug-likeness (QED) is 0.763. The zero-order valence-corrected chi connectivity index (χ0v) is 10.4. The van der Waals surface area contributed by atoms with Crippen LogP contribution in [0.3, 0.4) is 0 Å². The van der Waals surface area contributed by atoms with E-state index < -0.39 is 0 Å². The smallest absolute Gasteiger partial charge is 0.0893 e. The van der Waals surface area contributed by atoms with Gasteiger partial charge in [-0.25, -0.2) is 9.97 Å². The maximum absolute atomic E-state index is 4.63. The number of hydrogen-bond donors (Lipinski definition) is 0. The minimum absolute atomic E-state index is 0.539. The van der Waals surface area contributed by atoms with Crippen LogP contribution < -0.4 is 0 Å². The van der Waals surface area contributed by atoms with Gasteiger partial charge in [-0.3, -0.25) is 0 Å². The van der Waals surface area contributed by atoms with E-state index in [0.717, 1.165) is 28.8 Å². The molecule has 84 valence electrons. The second-order valence-electron chi connectivity index (χ2n) is 4.51. The molecule has 0 amide bonds. The molecule has 1 aromatic carbocycles. The number of aromatic nitrogens is 2. The minimum Gasteiger partial charge on any atom is -0.250 e. The molecule has 0 saturated carbocycles. The molecular weight excluding hydrogens is 196 g/mol. The lowest BCUT2D eigenvalue weighted by Gasteiger charge is -2.08. The molecule has 0 bridgehead atoms. The lowest BCUT2D eigenvalue weighted by Crippen LogP contribution is -1.98. The summed E-state index contributed by atoms with van der Waals surface area (Å²) in [6, 6.07) is 6.38. The molecule has 0 N–H and O–H groups in total. The highest BCUT2D eigenvalue weighted by atomic mass is 14.8. The summed E-state index contributed by atoms with van der Waals surface area (Å²) in [6.07, 6.45) is 0.945. The van der Waals surface area contributed by atoms with Gasteiger partial charge >= 0.3 is 0 Å². The van der Waals surface area contributed by atoms with Crippen molar-refractivity contribution in [3.8, 4) is 0 Å². The second-order valence-corrected chi connectivity index (χ2v) is 4.51. The van der Waals surface area contributed by atoms with E-state index in [9.17, 15) is 0 Å². The molecule has 1 aromatic heterocycles. The monoisotopic (exact) mass is 214 g/mol. The Morgan fingerprint density at radius 2 is 1.88 bits per heavy atom. The molecule has 0 fully saturated rings. The van der Waals surface area contributed by atoms with Gasteiger partial charge in [-0.15, -0.1) is 0 Å². The first kappa shape index (κ1) is 11.1. The molecule has 0 aliphatic rings. The molecule has 0 atom stereocenters. The Labute approximate surface area is 96.7 Å². The summed E-state index contributed by atoms with van der Waals surface area (Å²) in [4.78, 5) is 9.26. The molecule has 2 nitrogen and oxygen atoms in total. The van der Waals surface area contributed by atoms with Crippen LogP contribution in [0.25, 0.3) is 11.0 Å². The van der Waals surface area contributed by atoms with E-state index >= 15 is 0 Å². The number of nitrogens with zero attached hydrogens (tertiary/aromatic N) is 2. The van der Waals surface area contributed by atoms with E-state index in [2.05, 4.69) is 48.9 Å². The molecular formula is C14H18N2. The van der Waals surface area contributed by atoms with Crippen LogP contribution in [0.4, 0.5) is 0 Å². The first-order valence-corrected chi connectivity index (χ1v) is 5.89. The van der Waals surface area contributed by atoms with Crippen LogP contribution in [0, 0.1) is 6.92 Å². The number of rotatable bonds is 2. The van der Waals surface area contributed by atoms with Crippen LogP contribution in [0.2, 0.25) is 0 Å². The van der Waals surface area contributed by atoms with Crippen molar-refractivity contribution < 1.29 is 0 Å². The van der Waals surface area contributed by atoms with E-state index in [1.54, 1.807) is 0 Å². The van der Waals surface area contributed by atoms with Crippen molar-refractivity contribution in [2.24, 2.45) is 0 Å². The highest BCUT2D eigenvalue weighted by molar-refractivity contribution is 5.75. The summed E-state index contributed by atoms with van der Waals surface area (Å²) in [6.45, 7) is 8.54. The number of benzene rings is 1. The van der Waals surface area contributed by atoms with Gasteiger partial charge in [0.05, 0.1) is 22.4 Å². The highest BCUT2D eigenvalue weighted by Crippen LogP contribution is 2.20. The molecule has 1 heterocycles. The molecule has 2 rings (SSSR count). The number of hydrogen-bond acceptors (Lipinski definition) is 2. The summed E-state index contributed by atoms with van der Waals surface area (Å²) in [7, 11) is 0. The molecule has 2 heteroatoms. The second kappa shape index (κ2) is 4.20. The largest absolute Gasteiger partial charge is 0.250 e. The third kappa shape index (κ3) is 1.92. The maximum Gasteiger partial charge on any atom is 0.0893 e. The van der Waals surface area contributed by atoms with Crippen LogP contribution in [0.15, 0.2) is 18.2 Å². The first-order chi connectivity index (χ1) is 7.61. The number of fused-ring (bicyclic) bond motifs is 1. The Hall–Kier alpha value is -1.44. The van der Waals surface area contributed by atoms with Gasteiger partial charge < -0.3 is 0 Å². The van der Waals surface area contributed by atoms with Crippen LogP contribution in [0.5, 0.6) is 0 Å². The lowest BCUT2D eigenvalue weighted by molar-refractivity contribution is 0.867. The molecule has 0 saturated heterocycles. The highest BCUT2D eigenvalue weighted by Gasteiger charge is 2.05. The van der Waals surface area contributed by atoms with Crippen molar-refractivity contribution in [3.05, 3.63) is 35.2 Å². The van der Waals surface area contributed by atoms with Gasteiger partial charge in [0, 0.05) is 0 Å².